The second-order valence-corrected chi connectivity index (χ2v) is 5.03. The molecule has 4 amide bonds. The van der Waals surface area contributed by atoms with E-state index in [1.54, 1.807) is 4.90 Å². The number of nitrogens with zero attached hydrogens (tertiary/aromatic N) is 1. The first-order valence-electron chi connectivity index (χ1n) is 5.91. The molecule has 0 aliphatic carbocycles. The third kappa shape index (κ3) is 4.52. The van der Waals surface area contributed by atoms with Crippen molar-refractivity contribution in [2.45, 2.75) is 38.1 Å². The van der Waals surface area contributed by atoms with Crippen molar-refractivity contribution in [3.63, 3.8) is 0 Å². The van der Waals surface area contributed by atoms with Crippen LogP contribution in [0.15, 0.2) is 0 Å². The molecule has 102 valence electrons. The molecule has 0 bridgehead atoms. The maximum absolute atomic E-state index is 11.7. The highest BCUT2D eigenvalue weighted by atomic mass is 35.5. The number of likely N-dealkylation sites (tertiary alicyclic amines) is 1. The predicted octanol–water partition coefficient (Wildman–Crippen LogP) is 0.450. The Morgan fingerprint density at radius 1 is 1.28 bits per heavy atom. The zero-order valence-electron chi connectivity index (χ0n) is 10.5. The van der Waals surface area contributed by atoms with E-state index >= 15 is 0 Å². The molecule has 1 aliphatic rings. The van der Waals surface area contributed by atoms with Gasteiger partial charge in [-0.05, 0) is 19.8 Å². The number of imide groups is 1. The number of halogens is 1. The van der Waals surface area contributed by atoms with E-state index in [4.69, 9.17) is 11.6 Å². The minimum Gasteiger partial charge on any atom is -0.353 e. The molecule has 0 aromatic rings. The number of amides is 4. The lowest BCUT2D eigenvalue weighted by atomic mass is 10.1. The smallest absolute Gasteiger partial charge is 0.324 e. The van der Waals surface area contributed by atoms with Crippen molar-refractivity contribution in [1.29, 1.82) is 0 Å². The van der Waals surface area contributed by atoms with Gasteiger partial charge in [-0.3, -0.25) is 14.9 Å². The van der Waals surface area contributed by atoms with Crippen LogP contribution >= 0.6 is 11.6 Å². The van der Waals surface area contributed by atoms with Crippen LogP contribution in [0.4, 0.5) is 4.79 Å². The van der Waals surface area contributed by atoms with Crippen molar-refractivity contribution in [3.05, 3.63) is 0 Å². The first-order chi connectivity index (χ1) is 8.40. The number of urea groups is 1. The molecule has 1 fully saturated rings. The van der Waals surface area contributed by atoms with Crippen LogP contribution in [0.25, 0.3) is 0 Å². The van der Waals surface area contributed by atoms with Crippen LogP contribution < -0.4 is 10.6 Å². The fraction of sp³-hybridized carbons (Fsp3) is 0.727. The monoisotopic (exact) mass is 275 g/mol. The quantitative estimate of drug-likeness (QED) is 0.718. The molecule has 1 unspecified atom stereocenters. The molecular formula is C11H18ClN3O3. The van der Waals surface area contributed by atoms with Gasteiger partial charge in [0.1, 0.15) is 5.38 Å². The summed E-state index contributed by atoms with van der Waals surface area (Å²) in [5.74, 6) is -0.560. The highest BCUT2D eigenvalue weighted by Gasteiger charge is 2.24. The summed E-state index contributed by atoms with van der Waals surface area (Å²) in [6, 6.07) is -0.317. The maximum Gasteiger partial charge on any atom is 0.324 e. The van der Waals surface area contributed by atoms with Crippen molar-refractivity contribution < 1.29 is 14.4 Å². The van der Waals surface area contributed by atoms with Gasteiger partial charge in [0.15, 0.2) is 0 Å². The lowest BCUT2D eigenvalue weighted by Gasteiger charge is -2.32. The van der Waals surface area contributed by atoms with Gasteiger partial charge in [-0.2, -0.15) is 0 Å². The van der Waals surface area contributed by atoms with Gasteiger partial charge in [0, 0.05) is 26.1 Å². The Morgan fingerprint density at radius 3 is 2.28 bits per heavy atom. The van der Waals surface area contributed by atoms with E-state index in [1.807, 2.05) is 0 Å². The van der Waals surface area contributed by atoms with Gasteiger partial charge in [0.05, 0.1) is 0 Å². The van der Waals surface area contributed by atoms with Crippen molar-refractivity contribution in [3.8, 4) is 0 Å². The molecule has 1 heterocycles. The molecule has 7 heteroatoms. The minimum absolute atomic E-state index is 0.0657. The van der Waals surface area contributed by atoms with Gasteiger partial charge in [-0.15, -0.1) is 11.6 Å². The van der Waals surface area contributed by atoms with Crippen molar-refractivity contribution >= 4 is 29.4 Å². The summed E-state index contributed by atoms with van der Waals surface area (Å²) in [6.45, 7) is 4.01. The van der Waals surface area contributed by atoms with Gasteiger partial charge in [0.2, 0.25) is 11.8 Å². The summed E-state index contributed by atoms with van der Waals surface area (Å²) in [5.41, 5.74) is 0. The third-order valence-electron chi connectivity index (χ3n) is 2.78. The SMILES string of the molecule is CC(=O)NC1CCN(C(=O)NC(=O)C(C)Cl)CC1. The third-order valence-corrected chi connectivity index (χ3v) is 2.98. The van der Waals surface area contributed by atoms with E-state index in [9.17, 15) is 14.4 Å². The van der Waals surface area contributed by atoms with Gasteiger partial charge in [0.25, 0.3) is 0 Å². The average Bonchev–Trinajstić information content (AvgIpc) is 2.28. The number of alkyl halides is 1. The standard InChI is InChI=1S/C11H18ClN3O3/c1-7(12)10(17)14-11(18)15-5-3-9(4-6-15)13-8(2)16/h7,9H,3-6H2,1-2H3,(H,13,16)(H,14,17,18). The second kappa shape index (κ2) is 6.58. The van der Waals surface area contributed by atoms with E-state index in [2.05, 4.69) is 10.6 Å². The summed E-state index contributed by atoms with van der Waals surface area (Å²) in [7, 11) is 0. The van der Waals surface area contributed by atoms with E-state index in [0.29, 0.717) is 25.9 Å². The Bertz CT molecular complexity index is 338. The van der Waals surface area contributed by atoms with Crippen LogP contribution in [0, 0.1) is 0 Å². The number of hydrogen-bond donors (Lipinski definition) is 2. The molecule has 6 nitrogen and oxygen atoms in total. The van der Waals surface area contributed by atoms with Gasteiger partial charge < -0.3 is 10.2 Å². The summed E-state index contributed by atoms with van der Waals surface area (Å²) in [5, 5.41) is 4.32. The van der Waals surface area contributed by atoms with Gasteiger partial charge >= 0.3 is 6.03 Å². The number of rotatable bonds is 2. The molecular weight excluding hydrogens is 258 g/mol. The molecule has 1 saturated heterocycles. The summed E-state index contributed by atoms with van der Waals surface area (Å²) >= 11 is 5.56. The van der Waals surface area contributed by atoms with Crippen LogP contribution in [-0.2, 0) is 9.59 Å². The molecule has 1 aliphatic heterocycles. The Labute approximate surface area is 111 Å². The normalized spacial score (nSPS) is 18.1. The van der Waals surface area contributed by atoms with Crippen LogP contribution in [0.1, 0.15) is 26.7 Å². The highest BCUT2D eigenvalue weighted by Crippen LogP contribution is 2.10. The average molecular weight is 276 g/mol. The fourth-order valence-electron chi connectivity index (χ4n) is 1.80. The van der Waals surface area contributed by atoms with Gasteiger partial charge in [-0.25, -0.2) is 4.79 Å². The fourth-order valence-corrected chi connectivity index (χ4v) is 1.85. The minimum atomic E-state index is -0.731. The topological polar surface area (TPSA) is 78.5 Å². The maximum atomic E-state index is 11.7. The molecule has 0 aromatic carbocycles. The van der Waals surface area contributed by atoms with Crippen LogP contribution in [0.3, 0.4) is 0 Å². The largest absolute Gasteiger partial charge is 0.353 e. The van der Waals surface area contributed by atoms with Crippen molar-refractivity contribution in [2.24, 2.45) is 0 Å². The van der Waals surface area contributed by atoms with E-state index in [-0.39, 0.29) is 11.9 Å². The Kier molecular flexibility index (Phi) is 5.40. The molecule has 0 aromatic heterocycles. The Hall–Kier alpha value is -1.30. The Morgan fingerprint density at radius 2 is 1.83 bits per heavy atom. The van der Waals surface area contributed by atoms with E-state index in [0.717, 1.165) is 0 Å². The van der Waals surface area contributed by atoms with Crippen LogP contribution in [0.2, 0.25) is 0 Å². The number of carbonyl (C=O) groups excluding carboxylic acids is 3. The lowest BCUT2D eigenvalue weighted by Crippen LogP contribution is -2.51. The summed E-state index contributed by atoms with van der Waals surface area (Å²) in [4.78, 5) is 35.4. The zero-order chi connectivity index (χ0) is 13.7. The molecule has 18 heavy (non-hydrogen) atoms. The second-order valence-electron chi connectivity index (χ2n) is 4.37. The van der Waals surface area contributed by atoms with E-state index < -0.39 is 17.3 Å². The summed E-state index contributed by atoms with van der Waals surface area (Å²) in [6.07, 6.45) is 1.38. The molecule has 0 saturated carbocycles. The van der Waals surface area contributed by atoms with Crippen LogP contribution in [-0.4, -0.2) is 47.3 Å². The molecule has 2 N–H and O–H groups in total. The first kappa shape index (κ1) is 14.8. The molecule has 0 radical (unpaired) electrons. The first-order valence-corrected chi connectivity index (χ1v) is 6.34. The lowest BCUT2D eigenvalue weighted by molar-refractivity contribution is -0.120. The molecule has 1 rings (SSSR count). The highest BCUT2D eigenvalue weighted by molar-refractivity contribution is 6.31. The van der Waals surface area contributed by atoms with Gasteiger partial charge in [-0.1, -0.05) is 0 Å². The van der Waals surface area contributed by atoms with Crippen molar-refractivity contribution in [2.75, 3.05) is 13.1 Å². The number of carbonyl (C=O) groups is 3. The number of hydrogen-bond acceptors (Lipinski definition) is 3. The zero-order valence-corrected chi connectivity index (χ0v) is 11.3. The predicted molar refractivity (Wildman–Crippen MR) is 67.3 cm³/mol. The van der Waals surface area contributed by atoms with Crippen molar-refractivity contribution in [1.82, 2.24) is 15.5 Å². The summed E-state index contributed by atoms with van der Waals surface area (Å²) < 4.78 is 0. The number of piperidine rings is 1. The molecule has 1 atom stereocenters. The molecule has 0 spiro atoms. The Balaban J connectivity index is 2.36. The van der Waals surface area contributed by atoms with E-state index in [1.165, 1.54) is 13.8 Å². The van der Waals surface area contributed by atoms with Crippen LogP contribution in [0.5, 0.6) is 0 Å². The number of nitrogens with one attached hydrogen (secondary N) is 2.